The lowest BCUT2D eigenvalue weighted by Gasteiger charge is -2.31. The Hall–Kier alpha value is -3.83. The summed E-state index contributed by atoms with van der Waals surface area (Å²) in [6.45, 7) is 0.372. The van der Waals surface area contributed by atoms with Crippen molar-refractivity contribution in [3.63, 3.8) is 0 Å². The quantitative estimate of drug-likeness (QED) is 0.117. The van der Waals surface area contributed by atoms with Crippen LogP contribution < -0.4 is 9.47 Å². The van der Waals surface area contributed by atoms with Crippen LogP contribution in [0, 0.1) is 5.41 Å². The highest BCUT2D eigenvalue weighted by Crippen LogP contribution is 2.46. The van der Waals surface area contributed by atoms with Crippen LogP contribution in [0.4, 0.5) is 0 Å². The minimum Gasteiger partial charge on any atom is -0.508 e. The van der Waals surface area contributed by atoms with Gasteiger partial charge in [0.05, 0.1) is 13.2 Å². The third-order valence-corrected chi connectivity index (χ3v) is 9.51. The van der Waals surface area contributed by atoms with Gasteiger partial charge in [-0.2, -0.15) is 0 Å². The van der Waals surface area contributed by atoms with Gasteiger partial charge in [0.1, 0.15) is 18.1 Å². The molecule has 0 saturated heterocycles. The number of methoxy groups -OCH3 is 1. The summed E-state index contributed by atoms with van der Waals surface area (Å²) in [5.74, 6) is 1.65. The van der Waals surface area contributed by atoms with E-state index >= 15 is 0 Å². The summed E-state index contributed by atoms with van der Waals surface area (Å²) in [5, 5.41) is 22.7. The second kappa shape index (κ2) is 15.9. The van der Waals surface area contributed by atoms with Gasteiger partial charge in [-0.25, -0.2) is 0 Å². The number of phenolic OH excluding ortho intramolecular Hbond substituents is 1. The standard InChI is InChI=1S/C40H48O5/c1-44-38-20-15-31(25-39(38)45-29-32-13-16-34-26-35(41)19-17-33(34)24-32)14-18-36(42)27-37(43)28-40(22-8-9-23-40)21-7-3-6-12-30-10-4-2-5-11-30/h2,4-5,10-11,13,15-17,19-20,24-26,37,41,43H,3,6-9,12,14,18,21-23,27-29H2,1H3/t37-/m1/s1. The minimum atomic E-state index is -0.569. The Morgan fingerprint density at radius 1 is 0.800 bits per heavy atom. The van der Waals surface area contributed by atoms with E-state index in [1.54, 1.807) is 19.2 Å². The molecule has 1 aliphatic rings. The molecule has 0 amide bonds. The zero-order chi connectivity index (χ0) is 31.5. The number of aromatic hydroxyl groups is 1. The van der Waals surface area contributed by atoms with E-state index < -0.39 is 6.10 Å². The number of Topliss-reactive ketones (excluding diaryl/α,β-unsaturated/α-hetero) is 1. The van der Waals surface area contributed by atoms with E-state index in [2.05, 4.69) is 36.4 Å². The lowest BCUT2D eigenvalue weighted by Crippen LogP contribution is -2.26. The van der Waals surface area contributed by atoms with Crippen molar-refractivity contribution in [2.45, 2.75) is 96.2 Å². The van der Waals surface area contributed by atoms with Crippen LogP contribution in [0.2, 0.25) is 0 Å². The molecular weight excluding hydrogens is 560 g/mol. The number of aryl methyl sites for hydroxylation is 2. The molecular formula is C40H48O5. The molecule has 1 atom stereocenters. The average Bonchev–Trinajstić information content (AvgIpc) is 3.51. The number of ketones is 1. The molecule has 0 radical (unpaired) electrons. The number of ether oxygens (including phenoxy) is 2. The highest BCUT2D eigenvalue weighted by atomic mass is 16.5. The Balaban J connectivity index is 1.08. The molecule has 45 heavy (non-hydrogen) atoms. The molecule has 0 aromatic heterocycles. The Kier molecular flexibility index (Phi) is 11.5. The molecule has 1 aliphatic carbocycles. The van der Waals surface area contributed by atoms with E-state index in [1.807, 2.05) is 36.4 Å². The largest absolute Gasteiger partial charge is 0.508 e. The molecule has 2 N–H and O–H groups in total. The normalized spacial score (nSPS) is 14.8. The third-order valence-electron chi connectivity index (χ3n) is 9.51. The minimum absolute atomic E-state index is 0.110. The Bertz CT molecular complexity index is 1520. The number of unbranched alkanes of at least 4 members (excludes halogenated alkanes) is 2. The molecule has 5 nitrogen and oxygen atoms in total. The Morgan fingerprint density at radius 2 is 1.56 bits per heavy atom. The fourth-order valence-electron chi connectivity index (χ4n) is 7.08. The fourth-order valence-corrected chi connectivity index (χ4v) is 7.08. The maximum atomic E-state index is 13.0. The van der Waals surface area contributed by atoms with Crippen molar-refractivity contribution in [3.8, 4) is 17.2 Å². The molecule has 238 valence electrons. The van der Waals surface area contributed by atoms with Gasteiger partial charge in [-0.3, -0.25) is 4.79 Å². The number of hydrogen-bond acceptors (Lipinski definition) is 5. The first-order valence-corrected chi connectivity index (χ1v) is 16.7. The molecule has 0 spiro atoms. The monoisotopic (exact) mass is 608 g/mol. The first kappa shape index (κ1) is 32.6. The molecule has 0 heterocycles. The van der Waals surface area contributed by atoms with E-state index in [-0.39, 0.29) is 23.4 Å². The van der Waals surface area contributed by atoms with Crippen molar-refractivity contribution in [2.24, 2.45) is 5.41 Å². The molecule has 5 heteroatoms. The lowest BCUT2D eigenvalue weighted by atomic mass is 9.75. The van der Waals surface area contributed by atoms with E-state index in [1.165, 1.54) is 50.5 Å². The van der Waals surface area contributed by atoms with Crippen molar-refractivity contribution < 1.29 is 24.5 Å². The van der Waals surface area contributed by atoms with Gasteiger partial charge in [0.15, 0.2) is 11.5 Å². The summed E-state index contributed by atoms with van der Waals surface area (Å²) in [5.41, 5.74) is 3.62. The second-order valence-electron chi connectivity index (χ2n) is 13.0. The molecule has 1 fully saturated rings. The van der Waals surface area contributed by atoms with E-state index in [4.69, 9.17) is 9.47 Å². The van der Waals surface area contributed by atoms with Crippen molar-refractivity contribution in [1.29, 1.82) is 0 Å². The third kappa shape index (κ3) is 9.58. The average molecular weight is 609 g/mol. The Morgan fingerprint density at radius 3 is 2.36 bits per heavy atom. The highest BCUT2D eigenvalue weighted by Gasteiger charge is 2.35. The summed E-state index contributed by atoms with van der Waals surface area (Å²) in [6, 6.07) is 27.8. The molecule has 0 unspecified atom stereocenters. The number of aliphatic hydroxyl groups is 1. The number of carbonyl (C=O) groups excluding carboxylic acids is 1. The number of aliphatic hydroxyl groups excluding tert-OH is 1. The van der Waals surface area contributed by atoms with Crippen molar-refractivity contribution in [1.82, 2.24) is 0 Å². The van der Waals surface area contributed by atoms with Crippen LogP contribution in [-0.2, 0) is 24.2 Å². The van der Waals surface area contributed by atoms with Gasteiger partial charge in [-0.1, -0.05) is 80.3 Å². The molecule has 0 bridgehead atoms. The van der Waals surface area contributed by atoms with Crippen molar-refractivity contribution in [3.05, 3.63) is 102 Å². The van der Waals surface area contributed by atoms with Gasteiger partial charge in [0.2, 0.25) is 0 Å². The molecule has 4 aromatic carbocycles. The van der Waals surface area contributed by atoms with Crippen LogP contribution >= 0.6 is 0 Å². The maximum absolute atomic E-state index is 13.0. The number of carbonyl (C=O) groups is 1. The van der Waals surface area contributed by atoms with Gasteiger partial charge in [0, 0.05) is 12.8 Å². The Labute approximate surface area is 268 Å². The van der Waals surface area contributed by atoms with Gasteiger partial charge in [-0.05, 0) is 108 Å². The number of benzene rings is 4. The summed E-state index contributed by atoms with van der Waals surface area (Å²) < 4.78 is 11.7. The number of fused-ring (bicyclic) bond motifs is 1. The van der Waals surface area contributed by atoms with Crippen molar-refractivity contribution in [2.75, 3.05) is 7.11 Å². The van der Waals surface area contributed by atoms with Crippen LogP contribution in [0.1, 0.15) is 87.3 Å². The number of rotatable bonds is 17. The second-order valence-corrected chi connectivity index (χ2v) is 13.0. The lowest BCUT2D eigenvalue weighted by molar-refractivity contribution is -0.121. The molecule has 0 aliphatic heterocycles. The SMILES string of the molecule is COc1ccc(CCC(=O)C[C@@H](O)CC2(CCCCCc3ccccc3)CCCC2)cc1OCc1ccc2cc(O)ccc2c1. The number of phenols is 1. The van der Waals surface area contributed by atoms with Crippen LogP contribution in [0.15, 0.2) is 84.9 Å². The molecule has 5 rings (SSSR count). The first-order valence-electron chi connectivity index (χ1n) is 16.7. The predicted molar refractivity (Wildman–Crippen MR) is 181 cm³/mol. The highest BCUT2D eigenvalue weighted by molar-refractivity contribution is 5.84. The predicted octanol–water partition coefficient (Wildman–Crippen LogP) is 9.14. The van der Waals surface area contributed by atoms with Gasteiger partial charge in [0.25, 0.3) is 0 Å². The maximum Gasteiger partial charge on any atom is 0.161 e. The zero-order valence-corrected chi connectivity index (χ0v) is 26.7. The fraction of sp³-hybridized carbons (Fsp3) is 0.425. The van der Waals surface area contributed by atoms with Crippen LogP contribution in [-0.4, -0.2) is 29.2 Å². The summed E-state index contributed by atoms with van der Waals surface area (Å²) in [6.07, 6.45) is 12.1. The van der Waals surface area contributed by atoms with Crippen LogP contribution in [0.5, 0.6) is 17.2 Å². The summed E-state index contributed by atoms with van der Waals surface area (Å²) in [4.78, 5) is 13.0. The van der Waals surface area contributed by atoms with Crippen LogP contribution in [0.3, 0.4) is 0 Å². The molecule has 4 aromatic rings. The topological polar surface area (TPSA) is 76.0 Å². The van der Waals surface area contributed by atoms with E-state index in [9.17, 15) is 15.0 Å². The van der Waals surface area contributed by atoms with Gasteiger partial charge >= 0.3 is 0 Å². The smallest absolute Gasteiger partial charge is 0.161 e. The number of hydrogen-bond donors (Lipinski definition) is 2. The van der Waals surface area contributed by atoms with Gasteiger partial charge in [-0.15, -0.1) is 0 Å². The van der Waals surface area contributed by atoms with Crippen LogP contribution in [0.25, 0.3) is 10.8 Å². The van der Waals surface area contributed by atoms with Gasteiger partial charge < -0.3 is 19.7 Å². The summed E-state index contributed by atoms with van der Waals surface area (Å²) >= 11 is 0. The van der Waals surface area contributed by atoms with E-state index in [0.717, 1.165) is 41.2 Å². The van der Waals surface area contributed by atoms with E-state index in [0.29, 0.717) is 30.9 Å². The summed E-state index contributed by atoms with van der Waals surface area (Å²) in [7, 11) is 1.62. The van der Waals surface area contributed by atoms with Crippen molar-refractivity contribution >= 4 is 16.6 Å². The first-order chi connectivity index (χ1) is 21.9. The molecule has 1 saturated carbocycles. The zero-order valence-electron chi connectivity index (χ0n) is 26.7.